The number of thioether (sulfide) groups is 1. The molecular weight excluding hydrogens is 236 g/mol. The highest BCUT2D eigenvalue weighted by molar-refractivity contribution is 7.99. The van der Waals surface area contributed by atoms with Crippen LogP contribution in [0.3, 0.4) is 0 Å². The van der Waals surface area contributed by atoms with Crippen LogP contribution in [-0.4, -0.2) is 32.9 Å². The summed E-state index contributed by atoms with van der Waals surface area (Å²) in [5, 5.41) is 10.3. The summed E-state index contributed by atoms with van der Waals surface area (Å²) in [5.74, 6) is 2.14. The molecule has 2 N–H and O–H groups in total. The summed E-state index contributed by atoms with van der Waals surface area (Å²) in [7, 11) is 0. The van der Waals surface area contributed by atoms with Gasteiger partial charge in [-0.3, -0.25) is 9.89 Å². The number of fused-ring (bicyclic) bond motifs is 2. The molecule has 1 aromatic heterocycles. The minimum absolute atomic E-state index is 0.115. The van der Waals surface area contributed by atoms with Crippen molar-refractivity contribution in [2.45, 2.75) is 36.9 Å². The molecule has 2 bridgehead atoms. The summed E-state index contributed by atoms with van der Waals surface area (Å²) in [6.07, 6.45) is 6.62. The normalized spacial score (nSPS) is 30.7. The van der Waals surface area contributed by atoms with Crippen molar-refractivity contribution in [1.82, 2.24) is 20.5 Å². The highest BCUT2D eigenvalue weighted by atomic mass is 32.2. The Bertz CT molecular complexity index is 394. The van der Waals surface area contributed by atoms with Crippen LogP contribution in [0.15, 0.2) is 11.5 Å². The van der Waals surface area contributed by atoms with Gasteiger partial charge in [0.25, 0.3) is 0 Å². The van der Waals surface area contributed by atoms with E-state index in [1.807, 2.05) is 0 Å². The largest absolute Gasteiger partial charge is 0.352 e. The van der Waals surface area contributed by atoms with Gasteiger partial charge in [-0.25, -0.2) is 4.98 Å². The number of aromatic amines is 1. The van der Waals surface area contributed by atoms with Gasteiger partial charge in [-0.05, 0) is 31.1 Å². The molecule has 0 spiro atoms. The highest BCUT2D eigenvalue weighted by Gasteiger charge is 2.39. The van der Waals surface area contributed by atoms with Gasteiger partial charge in [-0.1, -0.05) is 18.2 Å². The van der Waals surface area contributed by atoms with E-state index in [2.05, 4.69) is 20.5 Å². The summed E-state index contributed by atoms with van der Waals surface area (Å²) in [4.78, 5) is 15.8. The van der Waals surface area contributed by atoms with Crippen molar-refractivity contribution in [2.75, 3.05) is 5.75 Å². The quantitative estimate of drug-likeness (QED) is 0.790. The van der Waals surface area contributed by atoms with Gasteiger partial charge in [-0.15, -0.1) is 0 Å². The molecule has 2 aliphatic carbocycles. The van der Waals surface area contributed by atoms with Crippen LogP contribution in [0.5, 0.6) is 0 Å². The lowest BCUT2D eigenvalue weighted by Crippen LogP contribution is -2.39. The third kappa shape index (κ3) is 2.46. The third-order valence-electron chi connectivity index (χ3n) is 3.82. The molecule has 2 fully saturated rings. The summed E-state index contributed by atoms with van der Waals surface area (Å²) in [5.41, 5.74) is 0. The Morgan fingerprint density at radius 3 is 3.12 bits per heavy atom. The number of rotatable bonds is 4. The van der Waals surface area contributed by atoms with Crippen molar-refractivity contribution in [3.63, 3.8) is 0 Å². The lowest BCUT2D eigenvalue weighted by Gasteiger charge is -2.22. The summed E-state index contributed by atoms with van der Waals surface area (Å²) in [6, 6.07) is 0.427. The van der Waals surface area contributed by atoms with Crippen LogP contribution in [0.1, 0.15) is 25.7 Å². The van der Waals surface area contributed by atoms with Gasteiger partial charge < -0.3 is 5.32 Å². The van der Waals surface area contributed by atoms with E-state index >= 15 is 0 Å². The van der Waals surface area contributed by atoms with Gasteiger partial charge in [0.1, 0.15) is 6.33 Å². The van der Waals surface area contributed by atoms with Crippen LogP contribution in [-0.2, 0) is 4.79 Å². The predicted molar refractivity (Wildman–Crippen MR) is 64.5 cm³/mol. The van der Waals surface area contributed by atoms with Crippen molar-refractivity contribution < 1.29 is 4.79 Å². The Hall–Kier alpha value is -1.04. The van der Waals surface area contributed by atoms with Gasteiger partial charge in [0.05, 0.1) is 5.75 Å². The SMILES string of the molecule is O=C(CSc1ncn[nH]1)N[C@H]1C[C@H]2CC[C@@H]1C2. The lowest BCUT2D eigenvalue weighted by atomic mass is 9.95. The topological polar surface area (TPSA) is 70.7 Å². The zero-order valence-corrected chi connectivity index (χ0v) is 10.4. The number of carbonyl (C=O) groups is 1. The van der Waals surface area contributed by atoms with Gasteiger partial charge in [-0.2, -0.15) is 5.10 Å². The fourth-order valence-corrected chi connectivity index (χ4v) is 3.66. The van der Waals surface area contributed by atoms with E-state index in [1.165, 1.54) is 43.8 Å². The van der Waals surface area contributed by atoms with Crippen molar-refractivity contribution in [1.29, 1.82) is 0 Å². The van der Waals surface area contributed by atoms with Crippen LogP contribution >= 0.6 is 11.8 Å². The van der Waals surface area contributed by atoms with Gasteiger partial charge in [0, 0.05) is 6.04 Å². The van der Waals surface area contributed by atoms with Gasteiger partial charge in [0.2, 0.25) is 5.91 Å². The molecule has 1 heterocycles. The van der Waals surface area contributed by atoms with E-state index in [-0.39, 0.29) is 5.91 Å². The molecule has 92 valence electrons. The van der Waals surface area contributed by atoms with Gasteiger partial charge in [0.15, 0.2) is 5.16 Å². The molecule has 6 heteroatoms. The fourth-order valence-electron chi connectivity index (χ4n) is 3.07. The Balaban J connectivity index is 1.44. The maximum Gasteiger partial charge on any atom is 0.230 e. The standard InChI is InChI=1S/C11H16N4OS/c16-10(5-17-11-12-6-13-15-11)14-9-4-7-1-2-8(9)3-7/h6-9H,1-5H2,(H,14,16)(H,12,13,15)/t7-,8+,9-/m0/s1. The molecule has 0 saturated heterocycles. The molecule has 5 nitrogen and oxygen atoms in total. The van der Waals surface area contributed by atoms with E-state index in [9.17, 15) is 4.79 Å². The zero-order valence-electron chi connectivity index (χ0n) is 9.56. The number of H-pyrrole nitrogens is 1. The first kappa shape index (κ1) is 11.1. The first-order valence-corrected chi connectivity index (χ1v) is 7.07. The van der Waals surface area contributed by atoms with Crippen LogP contribution in [0.2, 0.25) is 0 Å². The Morgan fingerprint density at radius 2 is 2.47 bits per heavy atom. The summed E-state index contributed by atoms with van der Waals surface area (Å²) >= 11 is 1.40. The van der Waals surface area contributed by atoms with Gasteiger partial charge >= 0.3 is 0 Å². The van der Waals surface area contributed by atoms with E-state index in [0.29, 0.717) is 17.0 Å². The number of nitrogens with zero attached hydrogens (tertiary/aromatic N) is 2. The zero-order chi connectivity index (χ0) is 11.7. The number of hydrogen-bond acceptors (Lipinski definition) is 4. The smallest absolute Gasteiger partial charge is 0.230 e. The Kier molecular flexibility index (Phi) is 3.05. The molecule has 1 aromatic rings. The summed E-state index contributed by atoms with van der Waals surface area (Å²) in [6.45, 7) is 0. The van der Waals surface area contributed by atoms with E-state index in [0.717, 1.165) is 11.8 Å². The average Bonchev–Trinajstić information content (AvgIpc) is 3.03. The first-order valence-electron chi connectivity index (χ1n) is 6.09. The van der Waals surface area contributed by atoms with Crippen molar-refractivity contribution in [3.05, 3.63) is 6.33 Å². The molecule has 0 radical (unpaired) electrons. The van der Waals surface area contributed by atoms with Crippen molar-refractivity contribution >= 4 is 17.7 Å². The molecule has 3 rings (SSSR count). The van der Waals surface area contributed by atoms with Crippen LogP contribution in [0.4, 0.5) is 0 Å². The second kappa shape index (κ2) is 4.68. The predicted octanol–water partition coefficient (Wildman–Crippen LogP) is 1.20. The number of carbonyl (C=O) groups excluding carboxylic acids is 1. The number of hydrogen-bond donors (Lipinski definition) is 2. The van der Waals surface area contributed by atoms with Crippen LogP contribution in [0.25, 0.3) is 0 Å². The molecule has 3 atom stereocenters. The number of amides is 1. The molecule has 1 amide bonds. The second-order valence-corrected chi connectivity index (χ2v) is 5.89. The lowest BCUT2D eigenvalue weighted by molar-refractivity contribution is -0.119. The van der Waals surface area contributed by atoms with Crippen LogP contribution in [0, 0.1) is 11.8 Å². The molecule has 2 aliphatic rings. The molecule has 2 saturated carbocycles. The molecule has 17 heavy (non-hydrogen) atoms. The first-order chi connectivity index (χ1) is 8.31. The highest BCUT2D eigenvalue weighted by Crippen LogP contribution is 2.44. The molecule has 0 aliphatic heterocycles. The third-order valence-corrected chi connectivity index (χ3v) is 4.69. The maximum absolute atomic E-state index is 11.8. The minimum atomic E-state index is 0.115. The fraction of sp³-hybridized carbons (Fsp3) is 0.727. The Labute approximate surface area is 104 Å². The minimum Gasteiger partial charge on any atom is -0.352 e. The van der Waals surface area contributed by atoms with E-state index in [4.69, 9.17) is 0 Å². The average molecular weight is 252 g/mol. The van der Waals surface area contributed by atoms with Crippen LogP contribution < -0.4 is 5.32 Å². The van der Waals surface area contributed by atoms with Crippen molar-refractivity contribution in [2.24, 2.45) is 11.8 Å². The maximum atomic E-state index is 11.8. The second-order valence-electron chi connectivity index (χ2n) is 4.93. The van der Waals surface area contributed by atoms with E-state index < -0.39 is 0 Å². The number of nitrogens with one attached hydrogen (secondary N) is 2. The molecule has 0 unspecified atom stereocenters. The molecular formula is C11H16N4OS. The molecule has 0 aromatic carbocycles. The Morgan fingerprint density at radius 1 is 1.53 bits per heavy atom. The van der Waals surface area contributed by atoms with Crippen molar-refractivity contribution in [3.8, 4) is 0 Å². The number of aromatic nitrogens is 3. The summed E-state index contributed by atoms with van der Waals surface area (Å²) < 4.78 is 0. The monoisotopic (exact) mass is 252 g/mol. The van der Waals surface area contributed by atoms with E-state index in [1.54, 1.807) is 0 Å².